The topological polar surface area (TPSA) is 43.4 Å². The number of fused-ring (bicyclic) bond motifs is 1. The Morgan fingerprint density at radius 1 is 1.21 bits per heavy atom. The van der Waals surface area contributed by atoms with Gasteiger partial charge in [-0.25, -0.2) is 4.98 Å². The highest BCUT2D eigenvalue weighted by atomic mass is 35.5. The summed E-state index contributed by atoms with van der Waals surface area (Å²) < 4.78 is 10.8. The van der Waals surface area contributed by atoms with Crippen LogP contribution in [0.25, 0.3) is 10.9 Å². The van der Waals surface area contributed by atoms with Crippen LogP contribution in [0.4, 0.5) is 5.69 Å². The van der Waals surface area contributed by atoms with Gasteiger partial charge in [-0.1, -0.05) is 11.6 Å². The summed E-state index contributed by atoms with van der Waals surface area (Å²) >= 11 is 6.25. The fourth-order valence-electron chi connectivity index (χ4n) is 2.23. The Hall–Kier alpha value is -1.68. The van der Waals surface area contributed by atoms with E-state index >= 15 is 0 Å². The highest BCUT2D eigenvalue weighted by Gasteiger charge is 2.19. The summed E-state index contributed by atoms with van der Waals surface area (Å²) in [4.78, 5) is 4.60. The van der Waals surface area contributed by atoms with Crippen molar-refractivity contribution < 1.29 is 9.47 Å². The van der Waals surface area contributed by atoms with Gasteiger partial charge in [0.15, 0.2) is 0 Å². The van der Waals surface area contributed by atoms with Crippen molar-refractivity contribution in [1.82, 2.24) is 4.98 Å². The number of pyridine rings is 1. The predicted molar refractivity (Wildman–Crippen MR) is 78.9 cm³/mol. The van der Waals surface area contributed by atoms with Crippen LogP contribution < -0.4 is 14.8 Å². The first-order valence-electron chi connectivity index (χ1n) is 5.94. The molecule has 1 aromatic heterocycles. The van der Waals surface area contributed by atoms with Crippen molar-refractivity contribution in [3.63, 3.8) is 0 Å². The first-order valence-corrected chi connectivity index (χ1v) is 6.32. The molecule has 102 valence electrons. The molecule has 0 saturated heterocycles. The summed E-state index contributed by atoms with van der Waals surface area (Å²) in [5.74, 6) is 1.25. The molecule has 0 aliphatic carbocycles. The van der Waals surface area contributed by atoms with Crippen LogP contribution >= 0.6 is 11.6 Å². The molecule has 2 aromatic rings. The van der Waals surface area contributed by atoms with Crippen molar-refractivity contribution in [2.45, 2.75) is 13.8 Å². The molecule has 0 unspecified atom stereocenters. The number of aryl methyl sites for hydroxylation is 1. The molecular formula is C14H17ClN2O2. The quantitative estimate of drug-likeness (QED) is 0.933. The zero-order valence-corrected chi connectivity index (χ0v) is 12.5. The van der Waals surface area contributed by atoms with Gasteiger partial charge in [0.1, 0.15) is 17.0 Å². The maximum atomic E-state index is 6.25. The van der Waals surface area contributed by atoms with Gasteiger partial charge >= 0.3 is 0 Å². The summed E-state index contributed by atoms with van der Waals surface area (Å²) in [6.07, 6.45) is 0. The van der Waals surface area contributed by atoms with E-state index in [-0.39, 0.29) is 0 Å². The number of methoxy groups -OCH3 is 2. The summed E-state index contributed by atoms with van der Waals surface area (Å²) in [6, 6.07) is 1.73. The second-order valence-electron chi connectivity index (χ2n) is 4.26. The van der Waals surface area contributed by atoms with Crippen LogP contribution in [0.5, 0.6) is 11.5 Å². The molecule has 1 heterocycles. The largest absolute Gasteiger partial charge is 0.494 e. The maximum absolute atomic E-state index is 6.25. The third-order valence-corrected chi connectivity index (χ3v) is 3.57. The SMILES string of the molecule is CNc1c(C)c(C)nc2c(OC)cc(Cl)c(OC)c12. The van der Waals surface area contributed by atoms with Crippen LogP contribution in [0.1, 0.15) is 11.3 Å². The van der Waals surface area contributed by atoms with E-state index in [9.17, 15) is 0 Å². The Bertz CT molecular complexity index is 641. The standard InChI is InChI=1S/C14H17ClN2O2/c1-7-8(2)17-13-10(18-4)6-9(15)14(19-5)11(13)12(7)16-3/h6H,1-5H3,(H,16,17). The summed E-state index contributed by atoms with van der Waals surface area (Å²) in [5, 5.41) is 4.55. The predicted octanol–water partition coefficient (Wildman–Crippen LogP) is 3.56. The van der Waals surface area contributed by atoms with Crippen molar-refractivity contribution in [3.8, 4) is 11.5 Å². The lowest BCUT2D eigenvalue weighted by Crippen LogP contribution is -2.02. The molecule has 2 rings (SSSR count). The van der Waals surface area contributed by atoms with E-state index in [1.807, 2.05) is 20.9 Å². The van der Waals surface area contributed by atoms with E-state index < -0.39 is 0 Å². The number of benzene rings is 1. The third-order valence-electron chi connectivity index (χ3n) is 3.29. The lowest BCUT2D eigenvalue weighted by atomic mass is 10.1. The Kier molecular flexibility index (Phi) is 3.71. The zero-order valence-electron chi connectivity index (χ0n) is 11.7. The molecule has 4 nitrogen and oxygen atoms in total. The van der Waals surface area contributed by atoms with Crippen LogP contribution in [0.2, 0.25) is 5.02 Å². The molecular weight excluding hydrogens is 264 g/mol. The number of hydrogen-bond acceptors (Lipinski definition) is 4. The Morgan fingerprint density at radius 3 is 2.42 bits per heavy atom. The van der Waals surface area contributed by atoms with Gasteiger partial charge < -0.3 is 14.8 Å². The number of halogens is 1. The number of nitrogens with one attached hydrogen (secondary N) is 1. The fourth-order valence-corrected chi connectivity index (χ4v) is 2.50. The summed E-state index contributed by atoms with van der Waals surface area (Å²) in [7, 11) is 5.07. The first-order chi connectivity index (χ1) is 9.04. The highest BCUT2D eigenvalue weighted by Crippen LogP contribution is 2.43. The molecule has 0 fully saturated rings. The molecule has 19 heavy (non-hydrogen) atoms. The molecule has 0 radical (unpaired) electrons. The molecule has 0 bridgehead atoms. The molecule has 0 saturated carbocycles. The molecule has 5 heteroatoms. The summed E-state index contributed by atoms with van der Waals surface area (Å²) in [6.45, 7) is 3.98. The van der Waals surface area contributed by atoms with Crippen LogP contribution in [0, 0.1) is 13.8 Å². The van der Waals surface area contributed by atoms with Crippen molar-refractivity contribution in [3.05, 3.63) is 22.3 Å². The van der Waals surface area contributed by atoms with E-state index in [1.54, 1.807) is 20.3 Å². The monoisotopic (exact) mass is 280 g/mol. The normalized spacial score (nSPS) is 10.6. The minimum absolute atomic E-state index is 0.508. The number of hydrogen-bond donors (Lipinski definition) is 1. The van der Waals surface area contributed by atoms with Crippen molar-refractivity contribution in [2.24, 2.45) is 0 Å². The number of rotatable bonds is 3. The van der Waals surface area contributed by atoms with Crippen LogP contribution in [0.15, 0.2) is 6.07 Å². The second-order valence-corrected chi connectivity index (χ2v) is 4.67. The molecule has 0 spiro atoms. The highest BCUT2D eigenvalue weighted by molar-refractivity contribution is 6.34. The number of aromatic nitrogens is 1. The first kappa shape index (κ1) is 13.7. The Morgan fingerprint density at radius 2 is 1.89 bits per heavy atom. The molecule has 1 aromatic carbocycles. The molecule has 0 amide bonds. The molecule has 0 atom stereocenters. The number of anilines is 1. The van der Waals surface area contributed by atoms with Gasteiger partial charge in [0, 0.05) is 18.8 Å². The van der Waals surface area contributed by atoms with Crippen molar-refractivity contribution in [2.75, 3.05) is 26.6 Å². The molecule has 0 aliphatic rings. The van der Waals surface area contributed by atoms with Crippen LogP contribution in [0.3, 0.4) is 0 Å². The van der Waals surface area contributed by atoms with Gasteiger partial charge in [-0.15, -0.1) is 0 Å². The van der Waals surface area contributed by atoms with E-state index in [0.29, 0.717) is 16.5 Å². The van der Waals surface area contributed by atoms with Gasteiger partial charge in [-0.3, -0.25) is 0 Å². The molecule has 0 aliphatic heterocycles. The number of nitrogens with zero attached hydrogens (tertiary/aromatic N) is 1. The average Bonchev–Trinajstić information content (AvgIpc) is 2.40. The molecule has 1 N–H and O–H groups in total. The Balaban J connectivity index is 3.04. The van der Waals surface area contributed by atoms with Crippen molar-refractivity contribution >= 4 is 28.2 Å². The zero-order chi connectivity index (χ0) is 14.2. The average molecular weight is 281 g/mol. The van der Waals surface area contributed by atoms with E-state index in [2.05, 4.69) is 10.3 Å². The van der Waals surface area contributed by atoms with Crippen LogP contribution in [-0.2, 0) is 0 Å². The minimum Gasteiger partial charge on any atom is -0.494 e. The Labute approximate surface area is 117 Å². The van der Waals surface area contributed by atoms with Gasteiger partial charge in [-0.05, 0) is 19.4 Å². The van der Waals surface area contributed by atoms with E-state index in [1.165, 1.54) is 0 Å². The smallest absolute Gasteiger partial charge is 0.149 e. The summed E-state index contributed by atoms with van der Waals surface area (Å²) in [5.41, 5.74) is 3.72. The van der Waals surface area contributed by atoms with E-state index in [4.69, 9.17) is 21.1 Å². The van der Waals surface area contributed by atoms with Gasteiger partial charge in [-0.2, -0.15) is 0 Å². The lowest BCUT2D eigenvalue weighted by molar-refractivity contribution is 0.410. The minimum atomic E-state index is 0.508. The lowest BCUT2D eigenvalue weighted by Gasteiger charge is -2.17. The van der Waals surface area contributed by atoms with Crippen LogP contribution in [-0.4, -0.2) is 26.3 Å². The van der Waals surface area contributed by atoms with E-state index in [0.717, 1.165) is 27.8 Å². The fraction of sp³-hybridized carbons (Fsp3) is 0.357. The second kappa shape index (κ2) is 5.13. The van der Waals surface area contributed by atoms with Gasteiger partial charge in [0.05, 0.1) is 30.3 Å². The van der Waals surface area contributed by atoms with Gasteiger partial charge in [0.2, 0.25) is 0 Å². The third kappa shape index (κ3) is 2.06. The maximum Gasteiger partial charge on any atom is 0.149 e. The van der Waals surface area contributed by atoms with Crippen molar-refractivity contribution in [1.29, 1.82) is 0 Å². The van der Waals surface area contributed by atoms with Gasteiger partial charge in [0.25, 0.3) is 0 Å². The number of ether oxygens (including phenoxy) is 2.